The van der Waals surface area contributed by atoms with Gasteiger partial charge in [-0.15, -0.1) is 0 Å². The summed E-state index contributed by atoms with van der Waals surface area (Å²) in [5, 5.41) is 20.5. The monoisotopic (exact) mass is 368 g/mol. The summed E-state index contributed by atoms with van der Waals surface area (Å²) in [6, 6.07) is 15.0. The van der Waals surface area contributed by atoms with Crippen LogP contribution in [0.3, 0.4) is 0 Å². The molecule has 0 bridgehead atoms. The molecule has 0 saturated carbocycles. The van der Waals surface area contributed by atoms with E-state index in [9.17, 15) is 20.0 Å². The molecule has 0 radical (unpaired) electrons. The van der Waals surface area contributed by atoms with E-state index < -0.39 is 17.9 Å². The van der Waals surface area contributed by atoms with Crippen LogP contribution in [0.1, 0.15) is 23.6 Å². The second-order valence-corrected chi connectivity index (χ2v) is 7.22. The van der Waals surface area contributed by atoms with Gasteiger partial charge in [0.2, 0.25) is 6.04 Å². The predicted molar refractivity (Wildman–Crippen MR) is 104 cm³/mol. The van der Waals surface area contributed by atoms with E-state index in [4.69, 9.17) is 0 Å². The summed E-state index contributed by atoms with van der Waals surface area (Å²) < 4.78 is 0. The first-order valence-corrected chi connectivity index (χ1v) is 9.21. The highest BCUT2D eigenvalue weighted by atomic mass is 16.6. The van der Waals surface area contributed by atoms with Crippen LogP contribution < -0.4 is 4.90 Å². The summed E-state index contributed by atoms with van der Waals surface area (Å²) in [7, 11) is 0. The molecular weight excluding hydrogens is 344 g/mol. The molecule has 2 unspecified atom stereocenters. The summed E-state index contributed by atoms with van der Waals surface area (Å²) >= 11 is 0. The van der Waals surface area contributed by atoms with E-state index >= 15 is 0 Å². The lowest BCUT2D eigenvalue weighted by Gasteiger charge is -2.24. The molecule has 3 rings (SSSR count). The Morgan fingerprint density at radius 2 is 1.93 bits per heavy atom. The first kappa shape index (κ1) is 18.9. The van der Waals surface area contributed by atoms with E-state index in [2.05, 4.69) is 4.90 Å². The molecule has 6 heteroatoms. The molecule has 0 spiro atoms. The highest BCUT2D eigenvalue weighted by Crippen LogP contribution is 2.30. The van der Waals surface area contributed by atoms with Crippen molar-refractivity contribution >= 4 is 11.7 Å². The number of fused-ring (bicyclic) bond motifs is 1. The summed E-state index contributed by atoms with van der Waals surface area (Å²) in [6.45, 7) is 2.85. The van der Waals surface area contributed by atoms with Gasteiger partial charge in [-0.25, -0.2) is 0 Å². The topological polar surface area (TPSA) is 83.7 Å². The molecule has 6 nitrogen and oxygen atoms in total. The van der Waals surface area contributed by atoms with Gasteiger partial charge in [0.05, 0.1) is 5.92 Å². The summed E-state index contributed by atoms with van der Waals surface area (Å²) in [4.78, 5) is 24.5. The van der Waals surface area contributed by atoms with Crippen molar-refractivity contribution in [2.75, 3.05) is 18.0 Å². The molecule has 1 aliphatic rings. The first-order chi connectivity index (χ1) is 12.9. The highest BCUT2D eigenvalue weighted by Gasteiger charge is 2.26. The van der Waals surface area contributed by atoms with E-state index in [0.717, 1.165) is 35.3 Å². The number of rotatable bonds is 8. The lowest BCUT2D eigenvalue weighted by molar-refractivity contribution is -0.517. The number of nitrogens with zero attached hydrogens (tertiary/aromatic N) is 2. The molecular formula is C21H24N2O4. The van der Waals surface area contributed by atoms with Crippen molar-refractivity contribution in [1.29, 1.82) is 0 Å². The molecule has 2 atom stereocenters. The van der Waals surface area contributed by atoms with Crippen LogP contribution in [0.25, 0.3) is 0 Å². The van der Waals surface area contributed by atoms with E-state index in [1.807, 2.05) is 48.5 Å². The minimum atomic E-state index is -0.788. The zero-order chi connectivity index (χ0) is 19.4. The maximum Gasteiger partial charge on any atom is 0.308 e. The molecule has 1 heterocycles. The van der Waals surface area contributed by atoms with Crippen molar-refractivity contribution < 1.29 is 14.8 Å². The smallest absolute Gasteiger partial charge is 0.308 e. The van der Waals surface area contributed by atoms with Gasteiger partial charge in [-0.1, -0.05) is 42.5 Å². The van der Waals surface area contributed by atoms with Gasteiger partial charge < -0.3 is 10.0 Å². The molecule has 0 aromatic heterocycles. The second kappa shape index (κ2) is 8.20. The molecule has 0 fully saturated rings. The highest BCUT2D eigenvalue weighted by molar-refractivity contribution is 5.72. The molecule has 142 valence electrons. The lowest BCUT2D eigenvalue weighted by Crippen LogP contribution is -2.33. The van der Waals surface area contributed by atoms with Crippen LogP contribution in [-0.2, 0) is 24.1 Å². The fourth-order valence-electron chi connectivity index (χ4n) is 3.65. The zero-order valence-electron chi connectivity index (χ0n) is 15.4. The van der Waals surface area contributed by atoms with E-state index in [0.29, 0.717) is 19.4 Å². The Morgan fingerprint density at radius 3 is 2.59 bits per heavy atom. The Hall–Kier alpha value is -2.89. The standard InChI is InChI=1S/C21H24N2O4/c1-15(23(26)27)11-17-7-8-20-18(13-17)9-10-22(20)14-19(21(24)25)12-16-5-3-2-4-6-16/h2-8,13,15,19H,9-12,14H2,1H3,(H,24,25). The van der Waals surface area contributed by atoms with Gasteiger partial charge >= 0.3 is 5.97 Å². The molecule has 0 saturated heterocycles. The Labute approximate surface area is 158 Å². The Bertz CT molecular complexity index is 822. The summed E-state index contributed by atoms with van der Waals surface area (Å²) in [6.07, 6.45) is 1.75. The van der Waals surface area contributed by atoms with E-state index in [1.165, 1.54) is 0 Å². The number of aliphatic carboxylic acids is 1. The van der Waals surface area contributed by atoms with Crippen molar-refractivity contribution in [3.8, 4) is 0 Å². The third-order valence-electron chi connectivity index (χ3n) is 5.14. The van der Waals surface area contributed by atoms with Gasteiger partial charge in [-0.3, -0.25) is 14.9 Å². The quantitative estimate of drug-likeness (QED) is 0.571. The zero-order valence-corrected chi connectivity index (χ0v) is 15.4. The summed E-state index contributed by atoms with van der Waals surface area (Å²) in [5.41, 5.74) is 4.17. The minimum Gasteiger partial charge on any atom is -0.481 e. The predicted octanol–water partition coefficient (Wildman–Crippen LogP) is 3.20. The number of anilines is 1. The second-order valence-electron chi connectivity index (χ2n) is 7.22. The third kappa shape index (κ3) is 4.64. The fourth-order valence-corrected chi connectivity index (χ4v) is 3.65. The molecule has 1 aliphatic heterocycles. The van der Waals surface area contributed by atoms with Gasteiger partial charge in [-0.2, -0.15) is 0 Å². The molecule has 2 aromatic carbocycles. The van der Waals surface area contributed by atoms with Gasteiger partial charge in [0, 0.05) is 37.0 Å². The van der Waals surface area contributed by atoms with Gasteiger partial charge in [-0.05, 0) is 35.6 Å². The van der Waals surface area contributed by atoms with Gasteiger partial charge in [0.1, 0.15) is 0 Å². The van der Waals surface area contributed by atoms with Crippen LogP contribution >= 0.6 is 0 Å². The van der Waals surface area contributed by atoms with Crippen LogP contribution in [0, 0.1) is 16.0 Å². The number of benzene rings is 2. The maximum atomic E-state index is 11.8. The number of hydrogen-bond acceptors (Lipinski definition) is 4. The van der Waals surface area contributed by atoms with Crippen LogP contribution in [0.5, 0.6) is 0 Å². The van der Waals surface area contributed by atoms with Crippen molar-refractivity contribution in [3.63, 3.8) is 0 Å². The number of carboxylic acids is 1. The van der Waals surface area contributed by atoms with Crippen LogP contribution in [-0.4, -0.2) is 35.1 Å². The van der Waals surface area contributed by atoms with E-state index in [1.54, 1.807) is 6.92 Å². The molecule has 1 N–H and O–H groups in total. The van der Waals surface area contributed by atoms with Crippen molar-refractivity contribution in [3.05, 3.63) is 75.3 Å². The van der Waals surface area contributed by atoms with Crippen LogP contribution in [0.4, 0.5) is 5.69 Å². The third-order valence-corrected chi connectivity index (χ3v) is 5.14. The average molecular weight is 368 g/mol. The Kier molecular flexibility index (Phi) is 5.74. The normalized spacial score (nSPS) is 15.2. The number of carboxylic acid groups (broad SMARTS) is 1. The van der Waals surface area contributed by atoms with Crippen LogP contribution in [0.2, 0.25) is 0 Å². The van der Waals surface area contributed by atoms with Gasteiger partial charge in [0.25, 0.3) is 0 Å². The van der Waals surface area contributed by atoms with Crippen molar-refractivity contribution in [2.45, 2.75) is 32.2 Å². The molecule has 0 aliphatic carbocycles. The van der Waals surface area contributed by atoms with Crippen molar-refractivity contribution in [1.82, 2.24) is 0 Å². The number of nitro groups is 1. The van der Waals surface area contributed by atoms with E-state index in [-0.39, 0.29) is 4.92 Å². The van der Waals surface area contributed by atoms with Crippen LogP contribution in [0.15, 0.2) is 48.5 Å². The molecule has 27 heavy (non-hydrogen) atoms. The van der Waals surface area contributed by atoms with Crippen molar-refractivity contribution in [2.24, 2.45) is 5.92 Å². The largest absolute Gasteiger partial charge is 0.481 e. The Morgan fingerprint density at radius 1 is 1.19 bits per heavy atom. The minimum absolute atomic E-state index is 0.263. The summed E-state index contributed by atoms with van der Waals surface area (Å²) in [5.74, 6) is -1.27. The molecule has 2 aromatic rings. The lowest BCUT2D eigenvalue weighted by atomic mass is 9.98. The first-order valence-electron chi connectivity index (χ1n) is 9.21. The van der Waals surface area contributed by atoms with Gasteiger partial charge in [0.15, 0.2) is 0 Å². The number of carbonyl (C=O) groups is 1. The SMILES string of the molecule is CC(Cc1ccc2c(c1)CCN2CC(Cc1ccccc1)C(=O)O)[N+](=O)[O-]. The molecule has 0 amide bonds. The maximum absolute atomic E-state index is 11.8. The average Bonchev–Trinajstić information content (AvgIpc) is 3.04. The Balaban J connectivity index is 1.70. The fraction of sp³-hybridized carbons (Fsp3) is 0.381. The number of hydrogen-bond donors (Lipinski definition) is 1.